The van der Waals surface area contributed by atoms with Gasteiger partial charge in [0.1, 0.15) is 0 Å². The molecule has 346 valence electrons. The average molecular weight is 886 g/mol. The van der Waals surface area contributed by atoms with Gasteiger partial charge in [-0.15, -0.1) is 0 Å². The fourth-order valence-electron chi connectivity index (χ4n) is 12.3. The number of nitrogens with zero attached hydrogens (tertiary/aromatic N) is 3. The van der Waals surface area contributed by atoms with Crippen LogP contribution < -0.4 is 31.1 Å². The first-order chi connectivity index (χ1) is 31.1. The van der Waals surface area contributed by atoms with Crippen molar-refractivity contribution in [2.24, 2.45) is 0 Å². The smallest absolute Gasteiger partial charge is 0.252 e. The first-order valence-corrected chi connectivity index (χ1v) is 25.3. The second kappa shape index (κ2) is 14.6. The van der Waals surface area contributed by atoms with E-state index in [0.29, 0.717) is 0 Å². The molecule has 0 aromatic heterocycles. The number of hydrogen-bond donors (Lipinski definition) is 0. The maximum atomic E-state index is 2.81. The molecule has 0 bridgehead atoms. The molecule has 10 rings (SSSR count). The van der Waals surface area contributed by atoms with Gasteiger partial charge in [0.15, 0.2) is 0 Å². The molecule has 67 heavy (non-hydrogen) atoms. The van der Waals surface area contributed by atoms with Gasteiger partial charge in [0.25, 0.3) is 6.71 Å². The zero-order valence-corrected chi connectivity index (χ0v) is 44.0. The molecule has 1 saturated carbocycles. The lowest BCUT2D eigenvalue weighted by Gasteiger charge is -2.47. The summed E-state index contributed by atoms with van der Waals surface area (Å²) in [5.41, 5.74) is 22.4. The Morgan fingerprint density at radius 1 is 0.403 bits per heavy atom. The van der Waals surface area contributed by atoms with Crippen molar-refractivity contribution in [1.82, 2.24) is 0 Å². The molecule has 2 atom stereocenters. The Hall–Kier alpha value is -5.22. The fraction of sp³-hybridized carbons (Fsp3) is 0.429. The predicted octanol–water partition coefficient (Wildman–Crippen LogP) is 15.6. The van der Waals surface area contributed by atoms with E-state index in [4.69, 9.17) is 0 Å². The van der Waals surface area contributed by atoms with Crippen LogP contribution in [-0.4, -0.2) is 12.3 Å². The topological polar surface area (TPSA) is 9.72 Å². The number of hydrogen-bond acceptors (Lipinski definition) is 3. The third-order valence-corrected chi connectivity index (χ3v) is 16.7. The maximum absolute atomic E-state index is 2.81. The zero-order valence-electron chi connectivity index (χ0n) is 44.0. The maximum Gasteiger partial charge on any atom is 0.252 e. The highest BCUT2D eigenvalue weighted by Crippen LogP contribution is 2.63. The minimum atomic E-state index is -0.113. The predicted molar refractivity (Wildman–Crippen MR) is 292 cm³/mol. The lowest BCUT2D eigenvalue weighted by molar-refractivity contribution is 0.330. The number of anilines is 8. The van der Waals surface area contributed by atoms with Gasteiger partial charge < -0.3 is 14.7 Å². The van der Waals surface area contributed by atoms with Crippen LogP contribution in [0.4, 0.5) is 45.5 Å². The standard InChI is InChI=1S/C63H76BN3/c1-57(2,3)40-21-18-23-45(33-40)65-52-36-43(60(10,11)12)25-28-49(52)64-50-29-26-44(61(13,14)15)37-53(50)66(46-24-19-22-41(34-46)58(4,5)6)55-39-47(38-54(65)56(55)64)67-51-30-27-42(59(7,8)9)35-48(51)62(16)31-20-32-63(62,67)17/h18-19,21-30,33-39H,20,31-32H2,1-17H3. The van der Waals surface area contributed by atoms with Gasteiger partial charge in [-0.05, 0) is 151 Å². The summed E-state index contributed by atoms with van der Waals surface area (Å²) in [6.45, 7) is 40.5. The molecule has 0 N–H and O–H groups in total. The average Bonchev–Trinajstić information content (AvgIpc) is 3.64. The number of rotatable bonds is 3. The lowest BCUT2D eigenvalue weighted by Crippen LogP contribution is -2.61. The normalized spacial score (nSPS) is 20.1. The quantitative estimate of drug-likeness (QED) is 0.164. The van der Waals surface area contributed by atoms with Gasteiger partial charge in [-0.3, -0.25) is 0 Å². The third kappa shape index (κ3) is 7.04. The molecule has 4 aliphatic rings. The highest BCUT2D eigenvalue weighted by atomic mass is 15.3. The van der Waals surface area contributed by atoms with E-state index in [1.807, 2.05) is 0 Å². The van der Waals surface area contributed by atoms with Crippen molar-refractivity contribution >= 4 is 68.6 Å². The van der Waals surface area contributed by atoms with Crippen molar-refractivity contribution in [1.29, 1.82) is 0 Å². The van der Waals surface area contributed by atoms with E-state index in [2.05, 4.69) is 248 Å². The van der Waals surface area contributed by atoms with Gasteiger partial charge >= 0.3 is 0 Å². The van der Waals surface area contributed by atoms with Crippen molar-refractivity contribution in [3.63, 3.8) is 0 Å². The van der Waals surface area contributed by atoms with Crippen molar-refractivity contribution < 1.29 is 0 Å². The molecule has 3 aliphatic heterocycles. The molecule has 4 heteroatoms. The molecule has 6 aromatic carbocycles. The van der Waals surface area contributed by atoms with E-state index < -0.39 is 0 Å². The Balaban J connectivity index is 1.36. The van der Waals surface area contributed by atoms with E-state index in [1.54, 1.807) is 0 Å². The summed E-state index contributed by atoms with van der Waals surface area (Å²) in [6, 6.07) is 46.4. The summed E-state index contributed by atoms with van der Waals surface area (Å²) in [5, 5.41) is 0. The number of benzene rings is 6. The molecular formula is C63H76BN3. The molecule has 3 nitrogen and oxygen atoms in total. The van der Waals surface area contributed by atoms with Crippen LogP contribution in [0.2, 0.25) is 0 Å². The molecule has 0 saturated heterocycles. The van der Waals surface area contributed by atoms with Crippen LogP contribution in [-0.2, 0) is 32.5 Å². The van der Waals surface area contributed by atoms with Crippen LogP contribution in [0.1, 0.15) is 170 Å². The van der Waals surface area contributed by atoms with Crippen molar-refractivity contribution in [3.05, 3.63) is 149 Å². The Kier molecular flexibility index (Phi) is 9.96. The van der Waals surface area contributed by atoms with Gasteiger partial charge in [0.05, 0.1) is 5.54 Å². The zero-order chi connectivity index (χ0) is 48.2. The van der Waals surface area contributed by atoms with Crippen LogP contribution in [0.25, 0.3) is 0 Å². The van der Waals surface area contributed by atoms with E-state index in [1.165, 1.54) is 108 Å². The largest absolute Gasteiger partial charge is 0.334 e. The molecule has 3 heterocycles. The SMILES string of the molecule is CC(C)(C)c1cccc(N2c3cc(C(C)(C)C)ccc3B3c4ccc(C(C)(C)C)cc4N(c4cccc(C(C)(C)C)c4)c4cc(N5c6ccc(C(C)(C)C)cc6C6(C)CCCC56C)cc2c43)c1. The number of fused-ring (bicyclic) bond motifs is 7. The van der Waals surface area contributed by atoms with Crippen molar-refractivity contribution in [2.45, 2.75) is 175 Å². The molecule has 0 spiro atoms. The molecule has 6 aromatic rings. The third-order valence-electron chi connectivity index (χ3n) is 16.7. The summed E-state index contributed by atoms with van der Waals surface area (Å²) in [7, 11) is 0. The van der Waals surface area contributed by atoms with E-state index >= 15 is 0 Å². The van der Waals surface area contributed by atoms with Gasteiger partial charge in [-0.2, -0.15) is 0 Å². The van der Waals surface area contributed by atoms with Crippen LogP contribution >= 0.6 is 0 Å². The van der Waals surface area contributed by atoms with Gasteiger partial charge in [-0.25, -0.2) is 0 Å². The Morgan fingerprint density at radius 2 is 0.821 bits per heavy atom. The minimum absolute atomic E-state index is 0.00311. The highest BCUT2D eigenvalue weighted by molar-refractivity contribution is 7.00. The Labute approximate surface area is 405 Å². The lowest BCUT2D eigenvalue weighted by atomic mass is 9.33. The molecule has 0 radical (unpaired) electrons. The monoisotopic (exact) mass is 886 g/mol. The van der Waals surface area contributed by atoms with Gasteiger partial charge in [-0.1, -0.05) is 178 Å². The summed E-state index contributed by atoms with van der Waals surface area (Å²) in [4.78, 5) is 8.13. The van der Waals surface area contributed by atoms with Crippen LogP contribution in [0, 0.1) is 0 Å². The summed E-state index contributed by atoms with van der Waals surface area (Å²) in [6.07, 6.45) is 3.54. The summed E-state index contributed by atoms with van der Waals surface area (Å²) in [5.74, 6) is 0. The molecule has 2 unspecified atom stereocenters. The minimum Gasteiger partial charge on any atom is -0.334 e. The Bertz CT molecular complexity index is 2830. The fourth-order valence-corrected chi connectivity index (χ4v) is 12.3. The second-order valence-electron chi connectivity index (χ2n) is 26.4. The first-order valence-electron chi connectivity index (χ1n) is 25.3. The van der Waals surface area contributed by atoms with E-state index in [-0.39, 0.29) is 44.7 Å². The summed E-state index contributed by atoms with van der Waals surface area (Å²) < 4.78 is 0. The molecule has 1 fully saturated rings. The highest BCUT2D eigenvalue weighted by Gasteiger charge is 2.60. The van der Waals surface area contributed by atoms with E-state index in [0.717, 1.165) is 6.42 Å². The van der Waals surface area contributed by atoms with Crippen LogP contribution in [0.15, 0.2) is 115 Å². The van der Waals surface area contributed by atoms with Gasteiger partial charge in [0, 0.05) is 50.9 Å². The van der Waals surface area contributed by atoms with Crippen LogP contribution in [0.3, 0.4) is 0 Å². The first kappa shape index (κ1) is 45.6. The van der Waals surface area contributed by atoms with Crippen LogP contribution in [0.5, 0.6) is 0 Å². The molecule has 1 aliphatic carbocycles. The Morgan fingerprint density at radius 3 is 1.27 bits per heavy atom. The van der Waals surface area contributed by atoms with E-state index in [9.17, 15) is 0 Å². The van der Waals surface area contributed by atoms with Gasteiger partial charge in [0.2, 0.25) is 0 Å². The molecular weight excluding hydrogens is 810 g/mol. The molecule has 0 amide bonds. The van der Waals surface area contributed by atoms with Crippen molar-refractivity contribution in [2.75, 3.05) is 14.7 Å². The summed E-state index contributed by atoms with van der Waals surface area (Å²) >= 11 is 0. The second-order valence-corrected chi connectivity index (χ2v) is 26.4. The van der Waals surface area contributed by atoms with Crippen molar-refractivity contribution in [3.8, 4) is 0 Å².